The molecule has 2 rings (SSSR count). The summed E-state index contributed by atoms with van der Waals surface area (Å²) >= 11 is 0. The third kappa shape index (κ3) is 0.744. The van der Waals surface area contributed by atoms with Crippen molar-refractivity contribution in [3.8, 4) is 0 Å². The lowest BCUT2D eigenvalue weighted by molar-refractivity contribution is 0.107. The Bertz CT molecular complexity index is 157. The van der Waals surface area contributed by atoms with E-state index in [1.807, 2.05) is 0 Å². The van der Waals surface area contributed by atoms with Crippen molar-refractivity contribution in [3.05, 3.63) is 12.2 Å². The van der Waals surface area contributed by atoms with E-state index < -0.39 is 0 Å². The summed E-state index contributed by atoms with van der Waals surface area (Å²) in [5, 5.41) is 0. The van der Waals surface area contributed by atoms with Gasteiger partial charge in [0.05, 0.1) is 0 Å². The molecule has 3 atom stereocenters. The van der Waals surface area contributed by atoms with Crippen molar-refractivity contribution in [1.82, 2.24) is 0 Å². The monoisotopic (exact) mass is 136 g/mol. The summed E-state index contributed by atoms with van der Waals surface area (Å²) in [6.45, 7) is 6.54. The van der Waals surface area contributed by atoms with Gasteiger partial charge < -0.3 is 0 Å². The van der Waals surface area contributed by atoms with E-state index in [1.54, 1.807) is 5.57 Å². The zero-order valence-electron chi connectivity index (χ0n) is 6.77. The summed E-state index contributed by atoms with van der Waals surface area (Å²) in [5.74, 6) is 2.95. The lowest BCUT2D eigenvalue weighted by Gasteiger charge is -2.46. The van der Waals surface area contributed by atoms with Crippen LogP contribution in [0.2, 0.25) is 0 Å². The van der Waals surface area contributed by atoms with Gasteiger partial charge in [0.1, 0.15) is 0 Å². The number of hydrogen-bond acceptors (Lipinski definition) is 0. The Balaban J connectivity index is 2.09. The molecule has 0 radical (unpaired) electrons. The maximum absolute atomic E-state index is 4.13. The van der Waals surface area contributed by atoms with Gasteiger partial charge in [-0.05, 0) is 43.4 Å². The van der Waals surface area contributed by atoms with Crippen LogP contribution in [0.5, 0.6) is 0 Å². The second-order valence-electron chi connectivity index (χ2n) is 4.02. The third-order valence-corrected chi connectivity index (χ3v) is 3.50. The van der Waals surface area contributed by atoms with Gasteiger partial charge in [-0.3, -0.25) is 0 Å². The molecule has 0 spiro atoms. The first kappa shape index (κ1) is 6.45. The van der Waals surface area contributed by atoms with Crippen LogP contribution in [0.3, 0.4) is 0 Å². The molecule has 0 saturated heterocycles. The first-order valence-electron chi connectivity index (χ1n) is 4.46. The molecule has 0 aromatic carbocycles. The van der Waals surface area contributed by atoms with Crippen molar-refractivity contribution < 1.29 is 0 Å². The lowest BCUT2D eigenvalue weighted by Crippen LogP contribution is -2.36. The average molecular weight is 136 g/mol. The van der Waals surface area contributed by atoms with Crippen molar-refractivity contribution in [1.29, 1.82) is 0 Å². The van der Waals surface area contributed by atoms with Gasteiger partial charge in [-0.25, -0.2) is 0 Å². The molecule has 0 heterocycles. The zero-order valence-corrected chi connectivity index (χ0v) is 6.77. The zero-order chi connectivity index (χ0) is 7.14. The Morgan fingerprint density at radius 3 is 2.60 bits per heavy atom. The number of rotatable bonds is 0. The molecule has 2 saturated carbocycles. The van der Waals surface area contributed by atoms with Gasteiger partial charge in [0.15, 0.2) is 0 Å². The van der Waals surface area contributed by atoms with E-state index in [4.69, 9.17) is 0 Å². The van der Waals surface area contributed by atoms with Gasteiger partial charge in [-0.15, -0.1) is 0 Å². The highest BCUT2D eigenvalue weighted by atomic mass is 14.4. The first-order chi connectivity index (χ1) is 4.79. The van der Waals surface area contributed by atoms with Gasteiger partial charge in [0.2, 0.25) is 0 Å². The van der Waals surface area contributed by atoms with Crippen LogP contribution in [0.1, 0.15) is 32.6 Å². The van der Waals surface area contributed by atoms with E-state index in [2.05, 4.69) is 13.5 Å². The summed E-state index contributed by atoms with van der Waals surface area (Å²) in [4.78, 5) is 0. The summed E-state index contributed by atoms with van der Waals surface area (Å²) in [6, 6.07) is 0. The van der Waals surface area contributed by atoms with E-state index in [9.17, 15) is 0 Å². The van der Waals surface area contributed by atoms with E-state index in [0.717, 1.165) is 17.8 Å². The topological polar surface area (TPSA) is 0 Å². The molecule has 3 unspecified atom stereocenters. The molecule has 0 N–H and O–H groups in total. The molecule has 0 aromatic heterocycles. The predicted molar refractivity (Wildman–Crippen MR) is 43.8 cm³/mol. The van der Waals surface area contributed by atoms with Crippen LogP contribution < -0.4 is 0 Å². The van der Waals surface area contributed by atoms with Crippen molar-refractivity contribution >= 4 is 0 Å². The van der Waals surface area contributed by atoms with Gasteiger partial charge in [-0.1, -0.05) is 19.1 Å². The number of fused-ring (bicyclic) bond motifs is 1. The highest BCUT2D eigenvalue weighted by Crippen LogP contribution is 2.49. The molecule has 0 aromatic rings. The largest absolute Gasteiger partial charge is 0.0996 e. The molecule has 0 amide bonds. The van der Waals surface area contributed by atoms with Gasteiger partial charge in [0.25, 0.3) is 0 Å². The quantitative estimate of drug-likeness (QED) is 0.449. The van der Waals surface area contributed by atoms with Crippen LogP contribution in [0.15, 0.2) is 12.2 Å². The van der Waals surface area contributed by atoms with E-state index >= 15 is 0 Å². The Labute approximate surface area is 63.3 Å². The Morgan fingerprint density at radius 1 is 1.30 bits per heavy atom. The molecule has 0 aliphatic heterocycles. The third-order valence-electron chi connectivity index (χ3n) is 3.50. The molecule has 2 aliphatic carbocycles. The SMILES string of the molecule is C=C1CCC(C)C2CCC12. The molecular weight excluding hydrogens is 120 g/mol. The van der Waals surface area contributed by atoms with Gasteiger partial charge in [0, 0.05) is 0 Å². The minimum Gasteiger partial charge on any atom is -0.0996 e. The van der Waals surface area contributed by atoms with Crippen LogP contribution in [0, 0.1) is 17.8 Å². The van der Waals surface area contributed by atoms with Crippen LogP contribution in [-0.2, 0) is 0 Å². The van der Waals surface area contributed by atoms with Crippen LogP contribution in [-0.4, -0.2) is 0 Å². The highest BCUT2D eigenvalue weighted by Gasteiger charge is 2.39. The molecule has 56 valence electrons. The van der Waals surface area contributed by atoms with Gasteiger partial charge >= 0.3 is 0 Å². The standard InChI is InChI=1S/C10H16/c1-7-3-4-8(2)10-6-5-9(7)10/h8-10H,1,3-6H2,2H3. The Hall–Kier alpha value is -0.260. The fourth-order valence-corrected chi connectivity index (χ4v) is 2.53. The first-order valence-corrected chi connectivity index (χ1v) is 4.46. The van der Waals surface area contributed by atoms with Crippen LogP contribution >= 0.6 is 0 Å². The molecule has 10 heavy (non-hydrogen) atoms. The summed E-state index contributed by atoms with van der Waals surface area (Å²) in [5.41, 5.74) is 1.55. The molecular formula is C10H16. The van der Waals surface area contributed by atoms with Crippen LogP contribution in [0.25, 0.3) is 0 Å². The van der Waals surface area contributed by atoms with Gasteiger partial charge in [-0.2, -0.15) is 0 Å². The average Bonchev–Trinajstić information content (AvgIpc) is 1.78. The van der Waals surface area contributed by atoms with Crippen molar-refractivity contribution in [2.45, 2.75) is 32.6 Å². The summed E-state index contributed by atoms with van der Waals surface area (Å²) in [7, 11) is 0. The molecule has 0 nitrogen and oxygen atoms in total. The predicted octanol–water partition coefficient (Wildman–Crippen LogP) is 3.00. The summed E-state index contributed by atoms with van der Waals surface area (Å²) < 4.78 is 0. The van der Waals surface area contributed by atoms with Crippen molar-refractivity contribution in [3.63, 3.8) is 0 Å². The Kier molecular flexibility index (Phi) is 1.36. The fraction of sp³-hybridized carbons (Fsp3) is 0.800. The fourth-order valence-electron chi connectivity index (χ4n) is 2.53. The minimum absolute atomic E-state index is 0.934. The number of hydrogen-bond donors (Lipinski definition) is 0. The molecule has 0 heteroatoms. The minimum atomic E-state index is 0.934. The van der Waals surface area contributed by atoms with Crippen LogP contribution in [0.4, 0.5) is 0 Å². The molecule has 2 aliphatic rings. The maximum Gasteiger partial charge on any atom is -0.0175 e. The normalized spacial score (nSPS) is 46.1. The maximum atomic E-state index is 4.13. The second kappa shape index (κ2) is 2.11. The van der Waals surface area contributed by atoms with E-state index in [-0.39, 0.29) is 0 Å². The smallest absolute Gasteiger partial charge is 0.0175 e. The number of allylic oxidation sites excluding steroid dienone is 1. The van der Waals surface area contributed by atoms with Crippen molar-refractivity contribution in [2.75, 3.05) is 0 Å². The van der Waals surface area contributed by atoms with E-state index in [0.29, 0.717) is 0 Å². The summed E-state index contributed by atoms with van der Waals surface area (Å²) in [6.07, 6.45) is 5.63. The molecule has 0 bridgehead atoms. The van der Waals surface area contributed by atoms with Crippen molar-refractivity contribution in [2.24, 2.45) is 17.8 Å². The Morgan fingerprint density at radius 2 is 2.10 bits per heavy atom. The van der Waals surface area contributed by atoms with E-state index in [1.165, 1.54) is 25.7 Å². The highest BCUT2D eigenvalue weighted by molar-refractivity contribution is 5.11. The lowest BCUT2D eigenvalue weighted by atomic mass is 9.59. The second-order valence-corrected chi connectivity index (χ2v) is 4.02. The molecule has 2 fully saturated rings.